The number of hydrogen-bond donors (Lipinski definition) is 1. The van der Waals surface area contributed by atoms with E-state index in [0.717, 1.165) is 25.9 Å². The van der Waals surface area contributed by atoms with Gasteiger partial charge in [0.15, 0.2) is 0 Å². The predicted molar refractivity (Wildman–Crippen MR) is 97.4 cm³/mol. The summed E-state index contributed by atoms with van der Waals surface area (Å²) in [6.07, 6.45) is 1.73. The van der Waals surface area contributed by atoms with E-state index in [2.05, 4.69) is 9.62 Å². The first-order valence-corrected chi connectivity index (χ1v) is 11.6. The second-order valence-corrected chi connectivity index (χ2v) is 9.71. The summed E-state index contributed by atoms with van der Waals surface area (Å²) in [6.45, 7) is 7.77. The number of sulfonamides is 2. The molecule has 0 aliphatic carbocycles. The molecule has 0 spiro atoms. The van der Waals surface area contributed by atoms with Gasteiger partial charge < -0.3 is 4.90 Å². The number of benzene rings is 1. The van der Waals surface area contributed by atoms with Crippen molar-refractivity contribution in [2.45, 2.75) is 36.5 Å². The van der Waals surface area contributed by atoms with Crippen LogP contribution in [-0.2, 0) is 20.0 Å². The summed E-state index contributed by atoms with van der Waals surface area (Å²) < 4.78 is 53.6. The van der Waals surface area contributed by atoms with Crippen molar-refractivity contribution in [1.29, 1.82) is 0 Å². The minimum Gasteiger partial charge on any atom is -0.303 e. The summed E-state index contributed by atoms with van der Waals surface area (Å²) in [5, 5.41) is 0. The van der Waals surface area contributed by atoms with Gasteiger partial charge in [0.1, 0.15) is 0 Å². The summed E-state index contributed by atoms with van der Waals surface area (Å²) in [7, 11) is -7.16. The van der Waals surface area contributed by atoms with Crippen LogP contribution < -0.4 is 4.72 Å². The molecule has 1 saturated heterocycles. The molecule has 0 saturated carbocycles. The van der Waals surface area contributed by atoms with Crippen molar-refractivity contribution < 1.29 is 16.8 Å². The maximum atomic E-state index is 12.5. The molecule has 142 valence electrons. The SMILES string of the molecule is CCN(CC)CCNS(=O)(=O)c1ccc(S(=O)(=O)N2CCCC2)cc1. The average molecular weight is 390 g/mol. The molecule has 0 bridgehead atoms. The maximum Gasteiger partial charge on any atom is 0.243 e. The number of likely N-dealkylation sites (N-methyl/N-ethyl adjacent to an activating group) is 1. The van der Waals surface area contributed by atoms with Gasteiger partial charge in [-0.05, 0) is 50.2 Å². The zero-order valence-electron chi connectivity index (χ0n) is 14.8. The Balaban J connectivity index is 2.05. The van der Waals surface area contributed by atoms with Crippen LogP contribution >= 0.6 is 0 Å². The third kappa shape index (κ3) is 5.01. The Labute approximate surface area is 151 Å². The van der Waals surface area contributed by atoms with Gasteiger partial charge in [0.25, 0.3) is 0 Å². The number of nitrogens with zero attached hydrogens (tertiary/aromatic N) is 2. The Hall–Kier alpha value is -1.00. The molecular formula is C16H27N3O4S2. The lowest BCUT2D eigenvalue weighted by Crippen LogP contribution is -2.34. The molecule has 1 aliphatic heterocycles. The van der Waals surface area contributed by atoms with Crippen LogP contribution in [0.4, 0.5) is 0 Å². The molecule has 1 N–H and O–H groups in total. The fourth-order valence-electron chi connectivity index (χ4n) is 2.83. The van der Waals surface area contributed by atoms with Gasteiger partial charge >= 0.3 is 0 Å². The highest BCUT2D eigenvalue weighted by atomic mass is 32.2. The van der Waals surface area contributed by atoms with E-state index < -0.39 is 20.0 Å². The molecule has 0 amide bonds. The third-order valence-electron chi connectivity index (χ3n) is 4.45. The maximum absolute atomic E-state index is 12.5. The molecule has 0 atom stereocenters. The molecular weight excluding hydrogens is 362 g/mol. The zero-order valence-corrected chi connectivity index (χ0v) is 16.4. The molecule has 1 heterocycles. The van der Waals surface area contributed by atoms with Crippen LogP contribution in [0, 0.1) is 0 Å². The van der Waals surface area contributed by atoms with Gasteiger partial charge in [-0.1, -0.05) is 13.8 Å². The summed E-state index contributed by atoms with van der Waals surface area (Å²) in [5.41, 5.74) is 0. The Bertz CT molecular complexity index is 751. The first-order valence-electron chi connectivity index (χ1n) is 8.63. The molecule has 9 heteroatoms. The van der Waals surface area contributed by atoms with Gasteiger partial charge in [-0.2, -0.15) is 4.31 Å². The smallest absolute Gasteiger partial charge is 0.243 e. The topological polar surface area (TPSA) is 86.8 Å². The van der Waals surface area contributed by atoms with Crippen LogP contribution in [0.5, 0.6) is 0 Å². The fourth-order valence-corrected chi connectivity index (χ4v) is 5.37. The molecule has 1 fully saturated rings. The van der Waals surface area contributed by atoms with Crippen molar-refractivity contribution >= 4 is 20.0 Å². The lowest BCUT2D eigenvalue weighted by Gasteiger charge is -2.18. The van der Waals surface area contributed by atoms with Crippen molar-refractivity contribution in [2.24, 2.45) is 0 Å². The predicted octanol–water partition coefficient (Wildman–Crippen LogP) is 1.09. The van der Waals surface area contributed by atoms with Gasteiger partial charge in [0, 0.05) is 26.2 Å². The zero-order chi connectivity index (χ0) is 18.5. The average Bonchev–Trinajstić information content (AvgIpc) is 3.14. The quantitative estimate of drug-likeness (QED) is 0.683. The number of rotatable bonds is 9. The van der Waals surface area contributed by atoms with Gasteiger partial charge in [0.2, 0.25) is 20.0 Å². The van der Waals surface area contributed by atoms with Crippen molar-refractivity contribution in [3.8, 4) is 0 Å². The molecule has 7 nitrogen and oxygen atoms in total. The molecule has 1 aliphatic rings. The monoisotopic (exact) mass is 389 g/mol. The van der Waals surface area contributed by atoms with E-state index in [1.807, 2.05) is 13.8 Å². The molecule has 25 heavy (non-hydrogen) atoms. The van der Waals surface area contributed by atoms with Crippen LogP contribution in [0.1, 0.15) is 26.7 Å². The lowest BCUT2D eigenvalue weighted by molar-refractivity contribution is 0.309. The van der Waals surface area contributed by atoms with Crippen molar-refractivity contribution in [3.63, 3.8) is 0 Å². The minimum atomic E-state index is -3.64. The van der Waals surface area contributed by atoms with Crippen LogP contribution in [-0.4, -0.2) is 65.3 Å². The van der Waals surface area contributed by atoms with E-state index in [-0.39, 0.29) is 9.79 Å². The Morgan fingerprint density at radius 1 is 0.960 bits per heavy atom. The van der Waals surface area contributed by atoms with Gasteiger partial charge in [-0.25, -0.2) is 21.6 Å². The van der Waals surface area contributed by atoms with Crippen molar-refractivity contribution in [3.05, 3.63) is 24.3 Å². The Kier molecular flexibility index (Phi) is 6.98. The fraction of sp³-hybridized carbons (Fsp3) is 0.625. The van der Waals surface area contributed by atoms with Gasteiger partial charge in [-0.15, -0.1) is 0 Å². The van der Waals surface area contributed by atoms with E-state index in [4.69, 9.17) is 0 Å². The van der Waals surface area contributed by atoms with Gasteiger partial charge in [-0.3, -0.25) is 0 Å². The normalized spacial score (nSPS) is 16.6. The Morgan fingerprint density at radius 3 is 2.00 bits per heavy atom. The molecule has 0 aromatic heterocycles. The summed E-state index contributed by atoms with van der Waals surface area (Å²) in [5.74, 6) is 0. The number of nitrogens with one attached hydrogen (secondary N) is 1. The summed E-state index contributed by atoms with van der Waals surface area (Å²) in [6, 6.07) is 5.44. The molecule has 2 rings (SSSR count). The van der Waals surface area contributed by atoms with Crippen LogP contribution in [0.25, 0.3) is 0 Å². The van der Waals surface area contributed by atoms with E-state index in [0.29, 0.717) is 26.2 Å². The van der Waals surface area contributed by atoms with Crippen LogP contribution in [0.2, 0.25) is 0 Å². The third-order valence-corrected chi connectivity index (χ3v) is 7.84. The molecule has 0 radical (unpaired) electrons. The van der Waals surface area contributed by atoms with Crippen molar-refractivity contribution in [1.82, 2.24) is 13.9 Å². The van der Waals surface area contributed by atoms with Crippen LogP contribution in [0.15, 0.2) is 34.1 Å². The number of hydrogen-bond acceptors (Lipinski definition) is 5. The molecule has 0 unspecified atom stereocenters. The minimum absolute atomic E-state index is 0.0763. The standard InChI is InChI=1S/C16H27N3O4S2/c1-3-18(4-2)14-11-17-24(20,21)15-7-9-16(10-8-15)25(22,23)19-12-5-6-13-19/h7-10,17H,3-6,11-14H2,1-2H3. The largest absolute Gasteiger partial charge is 0.303 e. The van der Waals surface area contributed by atoms with Crippen LogP contribution in [0.3, 0.4) is 0 Å². The second-order valence-electron chi connectivity index (χ2n) is 6.01. The van der Waals surface area contributed by atoms with Crippen molar-refractivity contribution in [2.75, 3.05) is 39.3 Å². The van der Waals surface area contributed by atoms with E-state index in [1.54, 1.807) is 0 Å². The lowest BCUT2D eigenvalue weighted by atomic mass is 10.4. The first-order chi connectivity index (χ1) is 11.8. The van der Waals surface area contributed by atoms with Gasteiger partial charge in [0.05, 0.1) is 9.79 Å². The molecule has 1 aromatic carbocycles. The van der Waals surface area contributed by atoms with E-state index in [1.165, 1.54) is 28.6 Å². The van der Waals surface area contributed by atoms with E-state index >= 15 is 0 Å². The Morgan fingerprint density at radius 2 is 1.48 bits per heavy atom. The highest BCUT2D eigenvalue weighted by molar-refractivity contribution is 7.89. The highest BCUT2D eigenvalue weighted by Gasteiger charge is 2.27. The summed E-state index contributed by atoms with van der Waals surface area (Å²) >= 11 is 0. The van der Waals surface area contributed by atoms with E-state index in [9.17, 15) is 16.8 Å². The second kappa shape index (κ2) is 8.59. The first kappa shape index (κ1) is 20.3. The summed E-state index contributed by atoms with van der Waals surface area (Å²) in [4.78, 5) is 2.33. The highest BCUT2D eigenvalue weighted by Crippen LogP contribution is 2.22. The molecule has 1 aromatic rings.